The third-order valence-corrected chi connectivity index (χ3v) is 2.24. The lowest BCUT2D eigenvalue weighted by molar-refractivity contribution is -0.154. The lowest BCUT2D eigenvalue weighted by atomic mass is 10.2. The summed E-state index contributed by atoms with van der Waals surface area (Å²) in [5.41, 5.74) is 0.807. The number of ether oxygens (including phenoxy) is 1. The number of ketones is 1. The highest BCUT2D eigenvalue weighted by Gasteiger charge is 2.13. The smallest absolute Gasteiger partial charge is 0.374 e. The van der Waals surface area contributed by atoms with Crippen molar-refractivity contribution in [2.45, 2.75) is 26.4 Å². The molecular formula is C12H13ClO3. The molecular weight excluding hydrogens is 228 g/mol. The van der Waals surface area contributed by atoms with Crippen LogP contribution in [-0.2, 0) is 20.9 Å². The number of carbonyl (C=O) groups excluding carboxylic acids is 2. The van der Waals surface area contributed by atoms with Crippen molar-refractivity contribution in [2.75, 3.05) is 0 Å². The minimum atomic E-state index is -0.767. The van der Waals surface area contributed by atoms with Crippen molar-refractivity contribution in [3.05, 3.63) is 34.9 Å². The molecule has 0 aliphatic heterocycles. The van der Waals surface area contributed by atoms with Crippen LogP contribution in [0.5, 0.6) is 0 Å². The molecule has 0 fully saturated rings. The van der Waals surface area contributed by atoms with Gasteiger partial charge in [0.25, 0.3) is 0 Å². The second kappa shape index (κ2) is 6.28. The van der Waals surface area contributed by atoms with E-state index in [1.807, 2.05) is 6.92 Å². The number of rotatable bonds is 5. The molecule has 0 atom stereocenters. The predicted molar refractivity (Wildman–Crippen MR) is 61.2 cm³/mol. The fourth-order valence-corrected chi connectivity index (χ4v) is 1.27. The van der Waals surface area contributed by atoms with E-state index in [1.165, 1.54) is 0 Å². The van der Waals surface area contributed by atoms with Crippen LogP contribution in [0.4, 0.5) is 0 Å². The minimum Gasteiger partial charge on any atom is -0.455 e. The first kappa shape index (κ1) is 12.7. The molecule has 0 N–H and O–H groups in total. The van der Waals surface area contributed by atoms with Crippen LogP contribution < -0.4 is 0 Å². The topological polar surface area (TPSA) is 43.4 Å². The maximum absolute atomic E-state index is 11.2. The molecule has 0 aliphatic rings. The zero-order chi connectivity index (χ0) is 12.0. The van der Waals surface area contributed by atoms with Crippen molar-refractivity contribution >= 4 is 23.4 Å². The van der Waals surface area contributed by atoms with Gasteiger partial charge in [-0.2, -0.15) is 0 Å². The SMILES string of the molecule is CCCC(=O)C(=O)OCc1ccc(Cl)cc1. The van der Waals surface area contributed by atoms with E-state index in [0.29, 0.717) is 11.4 Å². The zero-order valence-corrected chi connectivity index (χ0v) is 9.79. The van der Waals surface area contributed by atoms with E-state index in [1.54, 1.807) is 24.3 Å². The molecule has 0 amide bonds. The summed E-state index contributed by atoms with van der Waals surface area (Å²) < 4.78 is 4.85. The normalized spacial score (nSPS) is 9.88. The van der Waals surface area contributed by atoms with Gasteiger partial charge >= 0.3 is 5.97 Å². The second-order valence-electron chi connectivity index (χ2n) is 3.38. The van der Waals surface area contributed by atoms with Crippen molar-refractivity contribution in [3.8, 4) is 0 Å². The molecule has 1 aromatic rings. The van der Waals surface area contributed by atoms with Gasteiger partial charge in [0.15, 0.2) is 0 Å². The van der Waals surface area contributed by atoms with Gasteiger partial charge in [0.05, 0.1) is 0 Å². The third kappa shape index (κ3) is 4.03. The van der Waals surface area contributed by atoms with Crippen LogP contribution in [0.3, 0.4) is 0 Å². The Kier molecular flexibility index (Phi) is 4.99. The van der Waals surface area contributed by atoms with Gasteiger partial charge in [-0.3, -0.25) is 4.79 Å². The highest BCUT2D eigenvalue weighted by atomic mass is 35.5. The summed E-state index contributed by atoms with van der Waals surface area (Å²) in [6, 6.07) is 6.91. The fraction of sp³-hybridized carbons (Fsp3) is 0.333. The molecule has 3 nitrogen and oxygen atoms in total. The van der Waals surface area contributed by atoms with Crippen molar-refractivity contribution < 1.29 is 14.3 Å². The Hall–Kier alpha value is -1.35. The van der Waals surface area contributed by atoms with Gasteiger partial charge in [0, 0.05) is 11.4 Å². The van der Waals surface area contributed by atoms with Crippen LogP contribution in [0.2, 0.25) is 5.02 Å². The van der Waals surface area contributed by atoms with E-state index in [9.17, 15) is 9.59 Å². The summed E-state index contributed by atoms with van der Waals surface area (Å²) in [6.45, 7) is 1.94. The Balaban J connectivity index is 2.42. The van der Waals surface area contributed by atoms with E-state index in [4.69, 9.17) is 16.3 Å². The molecule has 0 heterocycles. The minimum absolute atomic E-state index is 0.103. The number of carbonyl (C=O) groups is 2. The summed E-state index contributed by atoms with van der Waals surface area (Å²) in [7, 11) is 0. The summed E-state index contributed by atoms with van der Waals surface area (Å²) in [5, 5.41) is 0.622. The molecule has 4 heteroatoms. The van der Waals surface area contributed by atoms with E-state index < -0.39 is 11.8 Å². The predicted octanol–water partition coefficient (Wildman–Crippen LogP) is 2.75. The summed E-state index contributed by atoms with van der Waals surface area (Å²) in [4.78, 5) is 22.3. The second-order valence-corrected chi connectivity index (χ2v) is 3.81. The van der Waals surface area contributed by atoms with Crippen LogP contribution >= 0.6 is 11.6 Å². The Morgan fingerprint density at radius 1 is 1.25 bits per heavy atom. The average molecular weight is 241 g/mol. The number of Topliss-reactive ketones (excluding diaryl/α,β-unsaturated/α-hetero) is 1. The molecule has 16 heavy (non-hydrogen) atoms. The highest BCUT2D eigenvalue weighted by molar-refractivity contribution is 6.33. The largest absolute Gasteiger partial charge is 0.455 e. The molecule has 0 radical (unpaired) electrons. The zero-order valence-electron chi connectivity index (χ0n) is 9.03. The fourth-order valence-electron chi connectivity index (χ4n) is 1.14. The molecule has 0 aromatic heterocycles. The van der Waals surface area contributed by atoms with Gasteiger partial charge < -0.3 is 4.74 Å². The van der Waals surface area contributed by atoms with E-state index in [0.717, 1.165) is 5.56 Å². The van der Waals surface area contributed by atoms with Gasteiger partial charge in [-0.25, -0.2) is 4.79 Å². The summed E-state index contributed by atoms with van der Waals surface area (Å²) in [5.74, 6) is -1.24. The number of benzene rings is 1. The van der Waals surface area contributed by atoms with Gasteiger partial charge in [0.2, 0.25) is 5.78 Å². The Labute approximate surface area is 99.4 Å². The monoisotopic (exact) mass is 240 g/mol. The van der Waals surface area contributed by atoms with Gasteiger partial charge in [-0.1, -0.05) is 30.7 Å². The van der Waals surface area contributed by atoms with Crippen molar-refractivity contribution in [1.82, 2.24) is 0 Å². The van der Waals surface area contributed by atoms with Gasteiger partial charge in [-0.15, -0.1) is 0 Å². The number of hydrogen-bond donors (Lipinski definition) is 0. The Morgan fingerprint density at radius 2 is 1.88 bits per heavy atom. The van der Waals surface area contributed by atoms with Crippen LogP contribution in [0, 0.1) is 0 Å². The first-order valence-corrected chi connectivity index (χ1v) is 5.45. The third-order valence-electron chi connectivity index (χ3n) is 1.99. The maximum Gasteiger partial charge on any atom is 0.374 e. The molecule has 0 saturated carbocycles. The van der Waals surface area contributed by atoms with Crippen LogP contribution in [0.1, 0.15) is 25.3 Å². The summed E-state index contributed by atoms with van der Waals surface area (Å²) >= 11 is 5.70. The molecule has 0 bridgehead atoms. The highest BCUT2D eigenvalue weighted by Crippen LogP contribution is 2.10. The number of halogens is 1. The van der Waals surface area contributed by atoms with Crippen LogP contribution in [0.25, 0.3) is 0 Å². The maximum atomic E-state index is 11.2. The Morgan fingerprint density at radius 3 is 2.44 bits per heavy atom. The van der Waals surface area contributed by atoms with Crippen molar-refractivity contribution in [3.63, 3.8) is 0 Å². The average Bonchev–Trinajstić information content (AvgIpc) is 2.28. The molecule has 86 valence electrons. The van der Waals surface area contributed by atoms with E-state index in [2.05, 4.69) is 0 Å². The number of hydrogen-bond acceptors (Lipinski definition) is 3. The lowest BCUT2D eigenvalue weighted by Crippen LogP contribution is -2.16. The van der Waals surface area contributed by atoms with Gasteiger partial charge in [0.1, 0.15) is 6.61 Å². The molecule has 0 aliphatic carbocycles. The van der Waals surface area contributed by atoms with E-state index >= 15 is 0 Å². The quantitative estimate of drug-likeness (QED) is 0.587. The van der Waals surface area contributed by atoms with Crippen LogP contribution in [0.15, 0.2) is 24.3 Å². The number of esters is 1. The molecule has 1 aromatic carbocycles. The van der Waals surface area contributed by atoms with E-state index in [-0.39, 0.29) is 13.0 Å². The van der Waals surface area contributed by atoms with Crippen LogP contribution in [-0.4, -0.2) is 11.8 Å². The molecule has 0 spiro atoms. The van der Waals surface area contributed by atoms with Crippen molar-refractivity contribution in [1.29, 1.82) is 0 Å². The summed E-state index contributed by atoms with van der Waals surface area (Å²) in [6.07, 6.45) is 0.883. The van der Waals surface area contributed by atoms with Crippen molar-refractivity contribution in [2.24, 2.45) is 0 Å². The molecule has 1 rings (SSSR count). The molecule has 0 saturated heterocycles. The molecule has 0 unspecified atom stereocenters. The van der Waals surface area contributed by atoms with Gasteiger partial charge in [-0.05, 0) is 24.1 Å². The first-order valence-electron chi connectivity index (χ1n) is 5.08. The first-order chi connectivity index (χ1) is 7.63. The Bertz CT molecular complexity index is 370. The standard InChI is InChI=1S/C12H13ClO3/c1-2-3-11(14)12(15)16-8-9-4-6-10(13)7-5-9/h4-7H,2-3,8H2,1H3. The lowest BCUT2D eigenvalue weighted by Gasteiger charge is -2.03.